The van der Waals surface area contributed by atoms with Gasteiger partial charge in [0.1, 0.15) is 29.6 Å². The number of nitrogens with one attached hydrogen (secondary N) is 1. The molecule has 0 saturated carbocycles. The van der Waals surface area contributed by atoms with E-state index in [-0.39, 0.29) is 29.4 Å². The van der Waals surface area contributed by atoms with E-state index in [0.29, 0.717) is 54.0 Å². The molecule has 11 heteroatoms. The van der Waals surface area contributed by atoms with Crippen LogP contribution in [0.15, 0.2) is 72.8 Å². The molecule has 1 atom stereocenters. The van der Waals surface area contributed by atoms with Gasteiger partial charge in [-0.3, -0.25) is 14.5 Å². The van der Waals surface area contributed by atoms with Crippen LogP contribution in [0.3, 0.4) is 0 Å². The summed E-state index contributed by atoms with van der Waals surface area (Å²) in [6.45, 7) is 0.794. The van der Waals surface area contributed by atoms with Crippen LogP contribution in [-0.4, -0.2) is 75.5 Å². The van der Waals surface area contributed by atoms with Crippen LogP contribution in [0.25, 0.3) is 16.9 Å². The van der Waals surface area contributed by atoms with Crippen molar-refractivity contribution in [2.45, 2.75) is 11.7 Å². The van der Waals surface area contributed by atoms with Crippen LogP contribution >= 0.6 is 11.8 Å². The van der Waals surface area contributed by atoms with E-state index >= 15 is 0 Å². The molecule has 1 N–H and O–H groups in total. The molecular weight excluding hydrogens is 580 g/mol. The lowest BCUT2D eigenvalue weighted by Gasteiger charge is -2.24. The predicted octanol–water partition coefficient (Wildman–Crippen LogP) is 4.89. The van der Waals surface area contributed by atoms with Crippen molar-refractivity contribution in [3.05, 3.63) is 83.9 Å². The number of amides is 2. The lowest BCUT2D eigenvalue weighted by atomic mass is 9.98. The number of fused-ring (bicyclic) bond motifs is 1. The van der Waals surface area contributed by atoms with Crippen molar-refractivity contribution in [3.8, 4) is 34.2 Å². The molecule has 0 aliphatic carbocycles. The summed E-state index contributed by atoms with van der Waals surface area (Å²) in [7, 11) is 6.47. The average Bonchev–Trinajstić information content (AvgIpc) is 3.39. The maximum Gasteiger partial charge on any atom is 0.240 e. The Balaban J connectivity index is 1.75. The van der Waals surface area contributed by atoms with E-state index in [0.717, 1.165) is 16.7 Å². The number of ether oxygens (including phenoxy) is 4. The Morgan fingerprint density at radius 3 is 2.36 bits per heavy atom. The first-order valence-corrected chi connectivity index (χ1v) is 15.3. The molecule has 0 spiro atoms. The van der Waals surface area contributed by atoms with Gasteiger partial charge in [0.05, 0.1) is 43.7 Å². The Labute approximate surface area is 261 Å². The van der Waals surface area contributed by atoms with Crippen molar-refractivity contribution < 1.29 is 28.5 Å². The average molecular weight is 617 g/mol. The van der Waals surface area contributed by atoms with E-state index in [2.05, 4.69) is 5.32 Å². The number of rotatable bonds is 12. The monoisotopic (exact) mass is 616 g/mol. The molecule has 0 unspecified atom stereocenters. The third-order valence-electron chi connectivity index (χ3n) is 7.32. The first kappa shape index (κ1) is 31.0. The van der Waals surface area contributed by atoms with Gasteiger partial charge in [0.15, 0.2) is 0 Å². The van der Waals surface area contributed by atoms with E-state index in [9.17, 15) is 9.59 Å². The van der Waals surface area contributed by atoms with Crippen LogP contribution in [0.4, 0.5) is 5.82 Å². The van der Waals surface area contributed by atoms with E-state index in [1.807, 2.05) is 72.8 Å². The predicted molar refractivity (Wildman–Crippen MR) is 171 cm³/mol. The van der Waals surface area contributed by atoms with Crippen LogP contribution in [0.5, 0.6) is 17.2 Å². The largest absolute Gasteiger partial charge is 0.497 e. The highest BCUT2D eigenvalue weighted by molar-refractivity contribution is 8.00. The van der Waals surface area contributed by atoms with Crippen molar-refractivity contribution in [2.24, 2.45) is 0 Å². The summed E-state index contributed by atoms with van der Waals surface area (Å²) >= 11 is 1.47. The molecule has 0 bridgehead atoms. The molecule has 0 fully saturated rings. The van der Waals surface area contributed by atoms with Crippen molar-refractivity contribution in [1.29, 1.82) is 0 Å². The first-order valence-electron chi connectivity index (χ1n) is 14.2. The maximum absolute atomic E-state index is 14.0. The minimum atomic E-state index is -0.379. The number of hydrogen-bond donors (Lipinski definition) is 1. The van der Waals surface area contributed by atoms with Crippen molar-refractivity contribution in [3.63, 3.8) is 0 Å². The summed E-state index contributed by atoms with van der Waals surface area (Å²) in [5, 5.41) is 7.67. The Morgan fingerprint density at radius 1 is 0.955 bits per heavy atom. The molecule has 1 aromatic heterocycles. The van der Waals surface area contributed by atoms with Crippen LogP contribution in [0.2, 0.25) is 0 Å². The highest BCUT2D eigenvalue weighted by atomic mass is 32.2. The van der Waals surface area contributed by atoms with E-state index < -0.39 is 0 Å². The highest BCUT2D eigenvalue weighted by Gasteiger charge is 2.38. The lowest BCUT2D eigenvalue weighted by Crippen LogP contribution is -2.42. The number of hydrogen-bond acceptors (Lipinski definition) is 8. The van der Waals surface area contributed by atoms with Gasteiger partial charge in [0.25, 0.3) is 0 Å². The minimum Gasteiger partial charge on any atom is -0.497 e. The molecule has 10 nitrogen and oxygen atoms in total. The van der Waals surface area contributed by atoms with Gasteiger partial charge < -0.3 is 24.3 Å². The molecule has 1 aliphatic heterocycles. The minimum absolute atomic E-state index is 0.132. The Kier molecular flexibility index (Phi) is 10.1. The van der Waals surface area contributed by atoms with Crippen molar-refractivity contribution >= 4 is 29.4 Å². The van der Waals surface area contributed by atoms with Crippen LogP contribution in [-0.2, 0) is 14.3 Å². The van der Waals surface area contributed by atoms with Gasteiger partial charge in [-0.05, 0) is 48.9 Å². The van der Waals surface area contributed by atoms with Gasteiger partial charge in [-0.1, -0.05) is 30.3 Å². The van der Waals surface area contributed by atoms with Gasteiger partial charge in [-0.25, -0.2) is 4.68 Å². The normalized spacial score (nSPS) is 14.5. The fourth-order valence-electron chi connectivity index (χ4n) is 5.17. The molecule has 5 rings (SSSR count). The van der Waals surface area contributed by atoms with Gasteiger partial charge in [-0.15, -0.1) is 11.8 Å². The SMILES string of the molecule is COCCCNC(=O)CN1C(=O)CS[C@H](c2cc(OC)ccc2OC)c2c(-c3ccccc3)nn(-c3ccc(OC)cc3)c21. The number of carbonyl (C=O) groups excluding carboxylic acids is 2. The van der Waals surface area contributed by atoms with Crippen LogP contribution < -0.4 is 24.4 Å². The van der Waals surface area contributed by atoms with Crippen molar-refractivity contribution in [2.75, 3.05) is 58.8 Å². The van der Waals surface area contributed by atoms with E-state index in [1.54, 1.807) is 38.0 Å². The molecule has 0 radical (unpaired) electrons. The van der Waals surface area contributed by atoms with Gasteiger partial charge in [0.2, 0.25) is 11.8 Å². The molecule has 0 saturated heterocycles. The number of nitrogens with zero attached hydrogens (tertiary/aromatic N) is 3. The summed E-state index contributed by atoms with van der Waals surface area (Å²) in [6, 6.07) is 22.9. The smallest absolute Gasteiger partial charge is 0.240 e. The molecular formula is C33H36N4O6S. The quantitative estimate of drug-likeness (QED) is 0.225. The number of aromatic nitrogens is 2. The Hall–Kier alpha value is -4.48. The lowest BCUT2D eigenvalue weighted by molar-refractivity contribution is -0.122. The number of methoxy groups -OCH3 is 4. The number of thioether (sulfide) groups is 1. The van der Waals surface area contributed by atoms with Gasteiger partial charge in [0, 0.05) is 37.0 Å². The molecule has 230 valence electrons. The third-order valence-corrected chi connectivity index (χ3v) is 8.56. The number of carbonyl (C=O) groups is 2. The first-order chi connectivity index (χ1) is 21.5. The summed E-state index contributed by atoms with van der Waals surface area (Å²) in [4.78, 5) is 28.8. The number of anilines is 1. The van der Waals surface area contributed by atoms with Crippen LogP contribution in [0, 0.1) is 0 Å². The molecule has 2 amide bonds. The maximum atomic E-state index is 14.0. The second kappa shape index (κ2) is 14.3. The van der Waals surface area contributed by atoms with E-state index in [1.165, 1.54) is 11.8 Å². The van der Waals surface area contributed by atoms with Gasteiger partial charge in [-0.2, -0.15) is 5.10 Å². The van der Waals surface area contributed by atoms with Crippen LogP contribution in [0.1, 0.15) is 22.8 Å². The molecule has 4 aromatic rings. The second-order valence-corrected chi connectivity index (χ2v) is 11.1. The Bertz CT molecular complexity index is 1590. The molecule has 3 aromatic carbocycles. The zero-order valence-electron chi connectivity index (χ0n) is 25.2. The summed E-state index contributed by atoms with van der Waals surface area (Å²) in [5.74, 6) is 2.18. The topological polar surface area (TPSA) is 104 Å². The van der Waals surface area contributed by atoms with Crippen molar-refractivity contribution in [1.82, 2.24) is 15.1 Å². The summed E-state index contributed by atoms with van der Waals surface area (Å²) in [5.41, 5.74) is 3.91. The summed E-state index contributed by atoms with van der Waals surface area (Å²) < 4.78 is 23.7. The zero-order chi connectivity index (χ0) is 31.1. The fourth-order valence-corrected chi connectivity index (χ4v) is 6.38. The standard InChI is InChI=1S/C33H36N4O6S/c1-40-18-8-17-34-28(38)20-36-29(39)21-44-32(26-19-25(42-3)15-16-27(26)43-4)30-31(22-9-6-5-7-10-22)35-37(33(30)36)23-11-13-24(41-2)14-12-23/h5-7,9-16,19,32H,8,17-18,20-21H2,1-4H3,(H,34,38)/t32-/m1/s1. The fraction of sp³-hybridized carbons (Fsp3) is 0.303. The zero-order valence-corrected chi connectivity index (χ0v) is 26.1. The number of benzene rings is 3. The highest BCUT2D eigenvalue weighted by Crippen LogP contribution is 2.51. The van der Waals surface area contributed by atoms with Gasteiger partial charge >= 0.3 is 0 Å². The summed E-state index contributed by atoms with van der Waals surface area (Å²) in [6.07, 6.45) is 0.664. The third kappa shape index (κ3) is 6.53. The molecule has 1 aliphatic rings. The second-order valence-electron chi connectivity index (χ2n) is 10.0. The Morgan fingerprint density at radius 2 is 1.68 bits per heavy atom. The molecule has 44 heavy (non-hydrogen) atoms. The van der Waals surface area contributed by atoms with E-state index in [4.69, 9.17) is 24.0 Å². The molecule has 2 heterocycles.